The maximum Gasteiger partial charge on any atom is 0.410 e. The van der Waals surface area contributed by atoms with Crippen molar-refractivity contribution in [1.82, 2.24) is 15.2 Å². The molecule has 1 N–H and O–H groups in total. The molecule has 1 fully saturated rings. The SMILES string of the molecule is CC(C)(C)OC(=O)N1CC(COCc2ccccc2)NC(c2cc(Cl)nc(Br)c2)C1. The van der Waals surface area contributed by atoms with Crippen LogP contribution >= 0.6 is 27.5 Å². The van der Waals surface area contributed by atoms with Gasteiger partial charge in [-0.1, -0.05) is 41.9 Å². The van der Waals surface area contributed by atoms with Gasteiger partial charge in [0, 0.05) is 19.1 Å². The number of nitrogens with one attached hydrogen (secondary N) is 1. The number of carbonyl (C=O) groups excluding carboxylic acids is 1. The number of carbonyl (C=O) groups is 1. The number of rotatable bonds is 5. The zero-order valence-corrected chi connectivity index (χ0v) is 19.7. The fourth-order valence-electron chi connectivity index (χ4n) is 3.31. The van der Waals surface area contributed by atoms with E-state index in [9.17, 15) is 4.79 Å². The molecule has 2 atom stereocenters. The highest BCUT2D eigenvalue weighted by molar-refractivity contribution is 9.10. The van der Waals surface area contributed by atoms with Gasteiger partial charge in [-0.3, -0.25) is 0 Å². The zero-order chi connectivity index (χ0) is 21.7. The van der Waals surface area contributed by atoms with Gasteiger partial charge in [0.2, 0.25) is 0 Å². The van der Waals surface area contributed by atoms with Crippen LogP contribution in [0.4, 0.5) is 4.79 Å². The molecular weight excluding hydrogens is 470 g/mol. The molecule has 2 unspecified atom stereocenters. The molecule has 0 saturated carbocycles. The third kappa shape index (κ3) is 6.94. The maximum atomic E-state index is 12.8. The lowest BCUT2D eigenvalue weighted by Crippen LogP contribution is -2.56. The number of hydrogen-bond donors (Lipinski definition) is 1. The van der Waals surface area contributed by atoms with E-state index >= 15 is 0 Å². The third-order valence-electron chi connectivity index (χ3n) is 4.55. The van der Waals surface area contributed by atoms with Crippen LogP contribution in [0.25, 0.3) is 0 Å². The summed E-state index contributed by atoms with van der Waals surface area (Å²) in [5.41, 5.74) is 1.50. The van der Waals surface area contributed by atoms with Crippen LogP contribution in [0.3, 0.4) is 0 Å². The monoisotopic (exact) mass is 495 g/mol. The lowest BCUT2D eigenvalue weighted by atomic mass is 10.0. The number of piperazine rings is 1. The largest absolute Gasteiger partial charge is 0.444 e. The Morgan fingerprint density at radius 2 is 2.00 bits per heavy atom. The Labute approximate surface area is 191 Å². The quantitative estimate of drug-likeness (QED) is 0.593. The Hall–Kier alpha value is -1.67. The van der Waals surface area contributed by atoms with Gasteiger partial charge in [0.25, 0.3) is 0 Å². The highest BCUT2D eigenvalue weighted by Gasteiger charge is 2.33. The summed E-state index contributed by atoms with van der Waals surface area (Å²) in [6.07, 6.45) is -0.332. The smallest absolute Gasteiger partial charge is 0.410 e. The number of hydrogen-bond acceptors (Lipinski definition) is 5. The molecule has 8 heteroatoms. The normalized spacial score (nSPS) is 19.6. The standard InChI is InChI=1S/C22H27BrClN3O3/c1-22(2,3)30-21(28)27-11-17(14-29-13-15-7-5-4-6-8-15)25-18(12-27)16-9-19(23)26-20(24)10-16/h4-10,17-18,25H,11-14H2,1-3H3. The summed E-state index contributed by atoms with van der Waals surface area (Å²) in [7, 11) is 0. The van der Waals surface area contributed by atoms with Crippen LogP contribution in [0.1, 0.15) is 37.9 Å². The Balaban J connectivity index is 1.71. The second kappa shape index (κ2) is 10.1. The van der Waals surface area contributed by atoms with Crippen LogP contribution in [0.2, 0.25) is 5.15 Å². The molecule has 1 aromatic carbocycles. The summed E-state index contributed by atoms with van der Waals surface area (Å²) >= 11 is 9.54. The number of pyridine rings is 1. The summed E-state index contributed by atoms with van der Waals surface area (Å²) < 4.78 is 12.2. The number of amides is 1. The Morgan fingerprint density at radius 3 is 2.67 bits per heavy atom. The van der Waals surface area contributed by atoms with Crippen molar-refractivity contribution in [2.45, 2.75) is 45.1 Å². The second-order valence-electron chi connectivity index (χ2n) is 8.35. The van der Waals surface area contributed by atoms with Crippen LogP contribution in [0, 0.1) is 0 Å². The Bertz CT molecular complexity index is 840. The maximum absolute atomic E-state index is 12.8. The number of benzene rings is 1. The first-order chi connectivity index (χ1) is 14.2. The van der Waals surface area contributed by atoms with Crippen LogP contribution in [-0.2, 0) is 16.1 Å². The van der Waals surface area contributed by atoms with Crippen molar-refractivity contribution in [3.63, 3.8) is 0 Å². The van der Waals surface area contributed by atoms with Gasteiger partial charge < -0.3 is 19.7 Å². The van der Waals surface area contributed by atoms with Crippen LogP contribution in [0.15, 0.2) is 47.1 Å². The average Bonchev–Trinajstić information content (AvgIpc) is 2.66. The minimum absolute atomic E-state index is 0.0503. The topological polar surface area (TPSA) is 63.7 Å². The van der Waals surface area contributed by atoms with Crippen molar-refractivity contribution in [2.75, 3.05) is 19.7 Å². The molecule has 0 bridgehead atoms. The second-order valence-corrected chi connectivity index (χ2v) is 9.55. The van der Waals surface area contributed by atoms with Gasteiger partial charge in [0.15, 0.2) is 0 Å². The summed E-state index contributed by atoms with van der Waals surface area (Å²) in [4.78, 5) is 18.6. The van der Waals surface area contributed by atoms with Crippen LogP contribution in [-0.4, -0.2) is 47.3 Å². The number of ether oxygens (including phenoxy) is 2. The fraction of sp³-hybridized carbons (Fsp3) is 0.455. The summed E-state index contributed by atoms with van der Waals surface area (Å²) in [6, 6.07) is 13.6. The first kappa shape index (κ1) is 23.0. The van der Waals surface area contributed by atoms with Gasteiger partial charge in [-0.2, -0.15) is 0 Å². The van der Waals surface area contributed by atoms with E-state index in [-0.39, 0.29) is 18.2 Å². The van der Waals surface area contributed by atoms with E-state index in [2.05, 4.69) is 26.2 Å². The highest BCUT2D eigenvalue weighted by atomic mass is 79.9. The Kier molecular flexibility index (Phi) is 7.74. The average molecular weight is 497 g/mol. The van der Waals surface area contributed by atoms with Crippen molar-refractivity contribution in [3.05, 3.63) is 63.3 Å². The number of aromatic nitrogens is 1. The van der Waals surface area contributed by atoms with Crippen molar-refractivity contribution in [3.8, 4) is 0 Å². The van der Waals surface area contributed by atoms with Crippen molar-refractivity contribution in [2.24, 2.45) is 0 Å². The first-order valence-corrected chi connectivity index (χ1v) is 11.1. The Morgan fingerprint density at radius 1 is 1.27 bits per heavy atom. The lowest BCUT2D eigenvalue weighted by Gasteiger charge is -2.39. The minimum atomic E-state index is -0.556. The zero-order valence-electron chi connectivity index (χ0n) is 17.4. The number of halogens is 2. The van der Waals surface area contributed by atoms with Crippen molar-refractivity contribution >= 4 is 33.6 Å². The van der Waals surface area contributed by atoms with E-state index in [0.29, 0.717) is 36.1 Å². The van der Waals surface area contributed by atoms with E-state index in [1.54, 1.807) is 4.90 Å². The molecule has 1 aliphatic heterocycles. The molecular formula is C22H27BrClN3O3. The molecule has 0 radical (unpaired) electrons. The van der Waals surface area contributed by atoms with Crippen LogP contribution in [0.5, 0.6) is 0 Å². The highest BCUT2D eigenvalue weighted by Crippen LogP contribution is 2.25. The predicted octanol–water partition coefficient (Wildman–Crippen LogP) is 4.96. The van der Waals surface area contributed by atoms with E-state index in [4.69, 9.17) is 21.1 Å². The van der Waals surface area contributed by atoms with E-state index in [0.717, 1.165) is 11.1 Å². The van der Waals surface area contributed by atoms with Gasteiger partial charge in [-0.25, -0.2) is 9.78 Å². The van der Waals surface area contributed by atoms with Gasteiger partial charge >= 0.3 is 6.09 Å². The molecule has 1 saturated heterocycles. The molecule has 162 valence electrons. The van der Waals surface area contributed by atoms with E-state index in [1.807, 2.05) is 63.2 Å². The lowest BCUT2D eigenvalue weighted by molar-refractivity contribution is 0.00666. The molecule has 1 aliphatic rings. The molecule has 0 spiro atoms. The molecule has 1 amide bonds. The molecule has 2 heterocycles. The fourth-order valence-corrected chi connectivity index (χ4v) is 4.08. The summed E-state index contributed by atoms with van der Waals surface area (Å²) in [5.74, 6) is 0. The predicted molar refractivity (Wildman–Crippen MR) is 121 cm³/mol. The van der Waals surface area contributed by atoms with Gasteiger partial charge in [0.05, 0.1) is 19.3 Å². The van der Waals surface area contributed by atoms with Gasteiger partial charge in [-0.15, -0.1) is 0 Å². The van der Waals surface area contributed by atoms with Crippen molar-refractivity contribution < 1.29 is 14.3 Å². The van der Waals surface area contributed by atoms with E-state index in [1.165, 1.54) is 0 Å². The third-order valence-corrected chi connectivity index (χ3v) is 5.15. The number of nitrogens with zero attached hydrogens (tertiary/aromatic N) is 2. The molecule has 30 heavy (non-hydrogen) atoms. The molecule has 3 rings (SSSR count). The summed E-state index contributed by atoms with van der Waals surface area (Å²) in [5, 5.41) is 3.97. The minimum Gasteiger partial charge on any atom is -0.444 e. The van der Waals surface area contributed by atoms with Crippen LogP contribution < -0.4 is 5.32 Å². The summed E-state index contributed by atoms with van der Waals surface area (Å²) in [6.45, 7) is 7.55. The van der Waals surface area contributed by atoms with Gasteiger partial charge in [0.1, 0.15) is 15.4 Å². The van der Waals surface area contributed by atoms with E-state index < -0.39 is 5.60 Å². The van der Waals surface area contributed by atoms with Gasteiger partial charge in [-0.05, 0) is 60.0 Å². The first-order valence-electron chi connectivity index (χ1n) is 9.88. The van der Waals surface area contributed by atoms with Crippen molar-refractivity contribution in [1.29, 1.82) is 0 Å². The molecule has 0 aliphatic carbocycles. The molecule has 2 aromatic rings. The molecule has 1 aromatic heterocycles. The molecule has 6 nitrogen and oxygen atoms in total.